The number of hydrogen-bond acceptors (Lipinski definition) is 9. The summed E-state index contributed by atoms with van der Waals surface area (Å²) in [6.45, 7) is 5.10. The Bertz CT molecular complexity index is 1420. The number of hydrogen-bond donors (Lipinski definition) is 1. The minimum atomic E-state index is -2.61. The van der Waals surface area contributed by atoms with E-state index in [0.29, 0.717) is 5.02 Å². The van der Waals surface area contributed by atoms with E-state index in [-0.39, 0.29) is 11.7 Å². The van der Waals surface area contributed by atoms with Gasteiger partial charge < -0.3 is 20.3 Å². The summed E-state index contributed by atoms with van der Waals surface area (Å²) < 4.78 is 20.9. The van der Waals surface area contributed by atoms with Crippen LogP contribution >= 0.6 is 22.9 Å². The molecule has 35 heavy (non-hydrogen) atoms. The molecule has 9 nitrogen and oxygen atoms in total. The third-order valence-electron chi connectivity index (χ3n) is 6.56. The molecule has 12 heteroatoms. The maximum absolute atomic E-state index is 13.1. The smallest absolute Gasteiger partial charge is 0.203 e. The van der Waals surface area contributed by atoms with Crippen molar-refractivity contribution >= 4 is 66.2 Å². The molecule has 1 unspecified atom stereocenters. The van der Waals surface area contributed by atoms with Gasteiger partial charge in [-0.05, 0) is 24.9 Å². The Labute approximate surface area is 214 Å². The number of pyridine rings is 2. The minimum Gasteiger partial charge on any atom is -0.497 e. The molecule has 1 saturated heterocycles. The Balaban J connectivity index is 1.46. The Kier molecular flexibility index (Phi) is 5.97. The third-order valence-corrected chi connectivity index (χ3v) is 10.7. The summed E-state index contributed by atoms with van der Waals surface area (Å²) in [6, 6.07) is 5.72. The fourth-order valence-corrected chi connectivity index (χ4v) is 8.16. The molecule has 0 saturated carbocycles. The van der Waals surface area contributed by atoms with E-state index < -0.39 is 15.2 Å². The lowest BCUT2D eigenvalue weighted by Gasteiger charge is -2.37. The lowest BCUT2D eigenvalue weighted by molar-refractivity contribution is 0.414. The lowest BCUT2D eigenvalue weighted by atomic mass is 10.0. The van der Waals surface area contributed by atoms with Crippen LogP contribution in [-0.4, -0.2) is 76.4 Å². The molecule has 186 valence electrons. The van der Waals surface area contributed by atoms with Crippen LogP contribution in [-0.2, 0) is 15.2 Å². The summed E-state index contributed by atoms with van der Waals surface area (Å²) in [4.78, 5) is 19.2. The quantitative estimate of drug-likeness (QED) is 0.515. The Morgan fingerprint density at radius 3 is 2.57 bits per heavy atom. The van der Waals surface area contributed by atoms with Crippen molar-refractivity contribution in [3.63, 3.8) is 0 Å². The number of thiophene rings is 1. The van der Waals surface area contributed by atoms with Crippen molar-refractivity contribution in [2.24, 2.45) is 10.7 Å². The molecule has 2 N–H and O–H groups in total. The highest BCUT2D eigenvalue weighted by molar-refractivity contribution is 7.98. The van der Waals surface area contributed by atoms with Crippen molar-refractivity contribution in [3.8, 4) is 5.75 Å². The number of aromatic nitrogens is 2. The first-order valence-corrected chi connectivity index (χ1v) is 14.2. The third kappa shape index (κ3) is 4.15. The molecule has 0 aromatic carbocycles. The average molecular weight is 534 g/mol. The molecule has 3 aromatic rings. The monoisotopic (exact) mass is 533 g/mol. The van der Waals surface area contributed by atoms with E-state index in [1.807, 2.05) is 25.1 Å². The van der Waals surface area contributed by atoms with Crippen LogP contribution in [0.25, 0.3) is 10.1 Å². The number of rotatable bonds is 4. The van der Waals surface area contributed by atoms with E-state index in [0.717, 1.165) is 58.5 Å². The topological polar surface area (TPSA) is 100 Å². The second kappa shape index (κ2) is 8.72. The Morgan fingerprint density at radius 1 is 1.20 bits per heavy atom. The van der Waals surface area contributed by atoms with E-state index in [2.05, 4.69) is 25.6 Å². The lowest BCUT2D eigenvalue weighted by Crippen LogP contribution is -2.50. The predicted octanol–water partition coefficient (Wildman–Crippen LogP) is 2.79. The number of nitrogens with zero attached hydrogens (tertiary/aromatic N) is 6. The number of aliphatic imine (C=N–C) groups is 1. The van der Waals surface area contributed by atoms with E-state index in [1.165, 1.54) is 4.31 Å². The number of guanidine groups is 1. The molecule has 5 heterocycles. The highest BCUT2D eigenvalue weighted by Gasteiger charge is 2.40. The van der Waals surface area contributed by atoms with Crippen LogP contribution in [0.2, 0.25) is 5.02 Å². The number of nitrogens with two attached hydrogens (primary N) is 1. The van der Waals surface area contributed by atoms with Crippen molar-refractivity contribution < 1.29 is 8.95 Å². The van der Waals surface area contributed by atoms with E-state index >= 15 is 0 Å². The fourth-order valence-electron chi connectivity index (χ4n) is 4.58. The molecular weight excluding hydrogens is 506 g/mol. The molecule has 0 spiro atoms. The van der Waals surface area contributed by atoms with E-state index in [4.69, 9.17) is 27.1 Å². The number of fused-ring (bicyclic) bond motifs is 1. The van der Waals surface area contributed by atoms with Gasteiger partial charge in [-0.2, -0.15) is 0 Å². The molecule has 0 aliphatic carbocycles. The van der Waals surface area contributed by atoms with Crippen LogP contribution < -0.4 is 20.3 Å². The van der Waals surface area contributed by atoms with Crippen LogP contribution in [0.4, 0.5) is 11.6 Å². The van der Waals surface area contributed by atoms with Gasteiger partial charge in [0.15, 0.2) is 0 Å². The molecule has 1 fully saturated rings. The summed E-state index contributed by atoms with van der Waals surface area (Å²) in [5, 5.41) is 1.52. The van der Waals surface area contributed by atoms with Gasteiger partial charge in [0.05, 0.1) is 37.2 Å². The van der Waals surface area contributed by atoms with Gasteiger partial charge >= 0.3 is 0 Å². The van der Waals surface area contributed by atoms with Gasteiger partial charge in [0.1, 0.15) is 22.9 Å². The van der Waals surface area contributed by atoms with E-state index in [1.54, 1.807) is 37.9 Å². The number of piperazine rings is 1. The summed E-state index contributed by atoms with van der Waals surface area (Å²) in [5.41, 5.74) is 5.29. The van der Waals surface area contributed by atoms with Crippen molar-refractivity contribution in [1.29, 1.82) is 0 Å². The molecule has 0 radical (unpaired) electrons. The molecule has 2 aliphatic heterocycles. The number of methoxy groups -OCH3 is 1. The van der Waals surface area contributed by atoms with Gasteiger partial charge in [-0.25, -0.2) is 19.2 Å². The Hall–Kier alpha value is -2.76. The maximum atomic E-state index is 13.1. The van der Waals surface area contributed by atoms with Crippen molar-refractivity contribution in [2.45, 2.75) is 12.5 Å². The predicted molar refractivity (Wildman–Crippen MR) is 147 cm³/mol. The highest BCUT2D eigenvalue weighted by atomic mass is 35.5. The highest BCUT2D eigenvalue weighted by Crippen LogP contribution is 2.47. The summed E-state index contributed by atoms with van der Waals surface area (Å²) in [7, 11) is 0.704. The van der Waals surface area contributed by atoms with Gasteiger partial charge in [0.25, 0.3) is 0 Å². The normalized spacial score (nSPS) is 25.1. The first-order valence-electron chi connectivity index (χ1n) is 11.1. The molecule has 0 bridgehead atoms. The zero-order valence-corrected chi connectivity index (χ0v) is 22.3. The van der Waals surface area contributed by atoms with Crippen LogP contribution in [0.1, 0.15) is 11.8 Å². The van der Waals surface area contributed by atoms with Gasteiger partial charge in [-0.1, -0.05) is 11.6 Å². The number of halogens is 1. The SMILES string of the molecule is C=S1(=O)C[C@@](C)(c2sc3c(N4CCN(c5cc(OC)ccn5)CC4)nccc3c2Cl)N=C(N)N1C. The van der Waals surface area contributed by atoms with Crippen molar-refractivity contribution in [1.82, 2.24) is 14.3 Å². The Morgan fingerprint density at radius 2 is 1.89 bits per heavy atom. The van der Waals surface area contributed by atoms with Crippen LogP contribution in [0, 0.1) is 0 Å². The van der Waals surface area contributed by atoms with Crippen molar-refractivity contribution in [2.75, 3.05) is 55.9 Å². The van der Waals surface area contributed by atoms with Gasteiger partial charge in [0.2, 0.25) is 5.96 Å². The van der Waals surface area contributed by atoms with Gasteiger partial charge in [-0.15, -0.1) is 11.3 Å². The van der Waals surface area contributed by atoms with Crippen LogP contribution in [0.15, 0.2) is 35.6 Å². The first-order chi connectivity index (χ1) is 16.6. The second-order valence-electron chi connectivity index (χ2n) is 8.94. The summed E-state index contributed by atoms with van der Waals surface area (Å²) >= 11 is 8.44. The molecule has 2 atom stereocenters. The molecule has 5 rings (SSSR count). The average Bonchev–Trinajstić information content (AvgIpc) is 3.20. The molecule has 3 aromatic heterocycles. The molecular formula is C23H28ClN7O2S2. The zero-order valence-electron chi connectivity index (χ0n) is 19.9. The van der Waals surface area contributed by atoms with Crippen LogP contribution in [0.5, 0.6) is 5.75 Å². The largest absolute Gasteiger partial charge is 0.497 e. The number of anilines is 2. The maximum Gasteiger partial charge on any atom is 0.203 e. The zero-order chi connectivity index (χ0) is 25.0. The second-order valence-corrected chi connectivity index (χ2v) is 12.7. The summed E-state index contributed by atoms with van der Waals surface area (Å²) in [5.74, 6) is 6.94. The fraction of sp³-hybridized carbons (Fsp3) is 0.391. The minimum absolute atomic E-state index is 0.202. The standard InChI is InChI=1S/C23H28ClN7O2S2/c1-23(14-35(4,32)29(2)22(25)28-23)20-18(24)16-6-8-27-21(19(16)34-20)31-11-9-30(10-12-31)17-13-15(33-3)5-7-26-17/h5-8,13H,4,9-12,14H2,1-3H3,(H2,25,28)/t23-,35?/m0/s1. The summed E-state index contributed by atoms with van der Waals surface area (Å²) in [6.07, 6.45) is 3.55. The van der Waals surface area contributed by atoms with Crippen molar-refractivity contribution in [3.05, 3.63) is 40.5 Å². The van der Waals surface area contributed by atoms with E-state index in [9.17, 15) is 4.21 Å². The van der Waals surface area contributed by atoms with Gasteiger partial charge in [-0.3, -0.25) is 4.31 Å². The number of ether oxygens (including phenoxy) is 1. The molecule has 2 aliphatic rings. The first kappa shape index (κ1) is 24.0. The molecule has 0 amide bonds. The van der Waals surface area contributed by atoms with Gasteiger partial charge in [0, 0.05) is 57.1 Å². The van der Waals surface area contributed by atoms with Crippen LogP contribution in [0.3, 0.4) is 0 Å².